The molecule has 3 rings (SSSR count). The number of hydrogen-bond donors (Lipinski definition) is 3. The maximum Gasteiger partial charge on any atom is 0.217 e. The summed E-state index contributed by atoms with van der Waals surface area (Å²) in [6.07, 6.45) is 1.91. The number of carbonyl (C=O) groups is 1. The molecule has 0 saturated heterocycles. The SMILES string of the molecule is CC(=O)N[C@H]1CCc2cc(Nc3nc(C)cc(C)c3N)ccc21. The van der Waals surface area contributed by atoms with Gasteiger partial charge in [0.2, 0.25) is 5.91 Å². The first-order valence-electron chi connectivity index (χ1n) is 7.84. The number of nitrogens with one attached hydrogen (secondary N) is 2. The summed E-state index contributed by atoms with van der Waals surface area (Å²) in [5, 5.41) is 6.32. The molecule has 2 aromatic rings. The first-order chi connectivity index (χ1) is 10.9. The number of rotatable bonds is 3. The molecule has 1 aromatic heterocycles. The van der Waals surface area contributed by atoms with Gasteiger partial charge in [-0.1, -0.05) is 6.07 Å². The molecule has 0 spiro atoms. The van der Waals surface area contributed by atoms with Crippen molar-refractivity contribution in [2.24, 2.45) is 0 Å². The summed E-state index contributed by atoms with van der Waals surface area (Å²) >= 11 is 0. The number of hydrogen-bond acceptors (Lipinski definition) is 4. The van der Waals surface area contributed by atoms with E-state index < -0.39 is 0 Å². The molecule has 4 N–H and O–H groups in total. The van der Waals surface area contributed by atoms with Gasteiger partial charge in [0.25, 0.3) is 0 Å². The highest BCUT2D eigenvalue weighted by Gasteiger charge is 2.23. The second-order valence-corrected chi connectivity index (χ2v) is 6.17. The number of pyridine rings is 1. The van der Waals surface area contributed by atoms with Crippen LogP contribution in [-0.2, 0) is 11.2 Å². The lowest BCUT2D eigenvalue weighted by atomic mass is 10.1. The number of fused-ring (bicyclic) bond motifs is 1. The Labute approximate surface area is 136 Å². The number of carbonyl (C=O) groups excluding carboxylic acids is 1. The van der Waals surface area contributed by atoms with Gasteiger partial charge in [0.1, 0.15) is 0 Å². The highest BCUT2D eigenvalue weighted by molar-refractivity contribution is 5.74. The fraction of sp³-hybridized carbons (Fsp3) is 0.333. The zero-order chi connectivity index (χ0) is 16.6. The number of aromatic nitrogens is 1. The third-order valence-corrected chi connectivity index (χ3v) is 4.25. The van der Waals surface area contributed by atoms with Crippen LogP contribution in [0.4, 0.5) is 17.2 Å². The summed E-state index contributed by atoms with van der Waals surface area (Å²) in [6, 6.07) is 8.31. The fourth-order valence-electron chi connectivity index (χ4n) is 3.17. The van der Waals surface area contributed by atoms with E-state index >= 15 is 0 Å². The third kappa shape index (κ3) is 3.13. The van der Waals surface area contributed by atoms with Crippen LogP contribution in [0.15, 0.2) is 24.3 Å². The van der Waals surface area contributed by atoms with Crippen LogP contribution >= 0.6 is 0 Å². The number of nitrogen functional groups attached to an aromatic ring is 1. The van der Waals surface area contributed by atoms with Crippen LogP contribution in [0.2, 0.25) is 0 Å². The lowest BCUT2D eigenvalue weighted by Crippen LogP contribution is -2.24. The molecule has 0 bridgehead atoms. The van der Waals surface area contributed by atoms with E-state index in [9.17, 15) is 4.79 Å². The van der Waals surface area contributed by atoms with Crippen molar-refractivity contribution in [2.75, 3.05) is 11.1 Å². The maximum absolute atomic E-state index is 11.3. The lowest BCUT2D eigenvalue weighted by molar-refractivity contribution is -0.119. The van der Waals surface area contributed by atoms with Gasteiger partial charge >= 0.3 is 0 Å². The topological polar surface area (TPSA) is 80.0 Å². The molecule has 23 heavy (non-hydrogen) atoms. The van der Waals surface area contributed by atoms with E-state index in [1.807, 2.05) is 26.0 Å². The van der Waals surface area contributed by atoms with Crippen molar-refractivity contribution in [2.45, 2.75) is 39.7 Å². The number of nitrogens with two attached hydrogens (primary N) is 1. The summed E-state index contributed by atoms with van der Waals surface area (Å²) in [6.45, 7) is 5.50. The minimum absolute atomic E-state index is 0.0114. The molecule has 0 saturated carbocycles. The maximum atomic E-state index is 11.3. The van der Waals surface area contributed by atoms with E-state index in [2.05, 4.69) is 27.8 Å². The third-order valence-electron chi connectivity index (χ3n) is 4.25. The largest absolute Gasteiger partial charge is 0.396 e. The second-order valence-electron chi connectivity index (χ2n) is 6.17. The van der Waals surface area contributed by atoms with Crippen molar-refractivity contribution < 1.29 is 4.79 Å². The van der Waals surface area contributed by atoms with Crippen molar-refractivity contribution in [3.8, 4) is 0 Å². The van der Waals surface area contributed by atoms with Gasteiger partial charge in [0.05, 0.1) is 11.7 Å². The van der Waals surface area contributed by atoms with Gasteiger partial charge in [0.15, 0.2) is 5.82 Å². The summed E-state index contributed by atoms with van der Waals surface area (Å²) in [5.74, 6) is 0.705. The molecule has 1 atom stereocenters. The van der Waals surface area contributed by atoms with Crippen molar-refractivity contribution in [1.82, 2.24) is 10.3 Å². The molecule has 1 heterocycles. The minimum Gasteiger partial charge on any atom is -0.396 e. The summed E-state index contributed by atoms with van der Waals surface area (Å²) in [4.78, 5) is 15.8. The summed E-state index contributed by atoms with van der Waals surface area (Å²) in [7, 11) is 0. The smallest absolute Gasteiger partial charge is 0.217 e. The van der Waals surface area contributed by atoms with Crippen molar-refractivity contribution in [3.05, 3.63) is 46.6 Å². The zero-order valence-corrected chi connectivity index (χ0v) is 13.7. The van der Waals surface area contributed by atoms with Gasteiger partial charge < -0.3 is 16.4 Å². The normalized spacial score (nSPS) is 16.0. The Hall–Kier alpha value is -2.56. The molecule has 0 radical (unpaired) electrons. The van der Waals surface area contributed by atoms with E-state index in [0.29, 0.717) is 11.5 Å². The van der Waals surface area contributed by atoms with Gasteiger partial charge in [0, 0.05) is 18.3 Å². The summed E-state index contributed by atoms with van der Waals surface area (Å²) in [5.41, 5.74) is 12.2. The zero-order valence-electron chi connectivity index (χ0n) is 13.7. The van der Waals surface area contributed by atoms with Crippen LogP contribution in [0.1, 0.15) is 41.8 Å². The van der Waals surface area contributed by atoms with E-state index in [-0.39, 0.29) is 11.9 Å². The molecule has 0 unspecified atom stereocenters. The Kier molecular flexibility index (Phi) is 3.94. The highest BCUT2D eigenvalue weighted by Crippen LogP contribution is 2.34. The number of benzene rings is 1. The minimum atomic E-state index is 0.0114. The Balaban J connectivity index is 1.85. The van der Waals surface area contributed by atoms with E-state index in [1.54, 1.807) is 6.92 Å². The van der Waals surface area contributed by atoms with E-state index in [4.69, 9.17) is 5.73 Å². The fourth-order valence-corrected chi connectivity index (χ4v) is 3.17. The number of anilines is 3. The van der Waals surface area contributed by atoms with Crippen molar-refractivity contribution in [1.29, 1.82) is 0 Å². The van der Waals surface area contributed by atoms with Gasteiger partial charge in [-0.25, -0.2) is 4.98 Å². The molecule has 120 valence electrons. The first kappa shape index (κ1) is 15.3. The summed E-state index contributed by atoms with van der Waals surface area (Å²) < 4.78 is 0. The van der Waals surface area contributed by atoms with Crippen molar-refractivity contribution in [3.63, 3.8) is 0 Å². The quantitative estimate of drug-likeness (QED) is 0.813. The van der Waals surface area contributed by atoms with E-state index in [1.165, 1.54) is 11.1 Å². The Bertz CT molecular complexity index is 770. The van der Waals surface area contributed by atoms with Crippen LogP contribution in [0.3, 0.4) is 0 Å². The van der Waals surface area contributed by atoms with Crippen LogP contribution in [0.5, 0.6) is 0 Å². The van der Waals surface area contributed by atoms with Crippen molar-refractivity contribution >= 4 is 23.1 Å². The van der Waals surface area contributed by atoms with Gasteiger partial charge in [-0.15, -0.1) is 0 Å². The Morgan fingerprint density at radius 3 is 2.83 bits per heavy atom. The molecule has 0 aliphatic heterocycles. The molecule has 0 fully saturated rings. The average molecular weight is 310 g/mol. The molecule has 5 nitrogen and oxygen atoms in total. The number of aryl methyl sites for hydroxylation is 3. The van der Waals surface area contributed by atoms with Gasteiger partial charge in [-0.3, -0.25) is 4.79 Å². The predicted octanol–water partition coefficient (Wildman–Crippen LogP) is 3.15. The first-order valence-corrected chi connectivity index (χ1v) is 7.84. The van der Waals surface area contributed by atoms with Crippen LogP contribution in [-0.4, -0.2) is 10.9 Å². The second kappa shape index (κ2) is 5.91. The number of nitrogens with zero attached hydrogens (tertiary/aromatic N) is 1. The highest BCUT2D eigenvalue weighted by atomic mass is 16.1. The lowest BCUT2D eigenvalue weighted by Gasteiger charge is -2.14. The van der Waals surface area contributed by atoms with Crippen LogP contribution in [0, 0.1) is 13.8 Å². The molecular weight excluding hydrogens is 288 g/mol. The van der Waals surface area contributed by atoms with Gasteiger partial charge in [-0.2, -0.15) is 0 Å². The Morgan fingerprint density at radius 2 is 2.09 bits per heavy atom. The standard InChI is InChI=1S/C18H22N4O/c1-10-8-11(2)20-18(17(10)19)22-14-5-6-15-13(9-14)4-7-16(15)21-12(3)23/h5-6,8-9,16H,4,7,19H2,1-3H3,(H,20,22)(H,21,23)/t16-/m0/s1. The van der Waals surface area contributed by atoms with E-state index in [0.717, 1.165) is 29.8 Å². The molecule has 1 aliphatic carbocycles. The molecular formula is C18H22N4O. The monoisotopic (exact) mass is 310 g/mol. The predicted molar refractivity (Wildman–Crippen MR) is 92.7 cm³/mol. The average Bonchev–Trinajstić information content (AvgIpc) is 2.86. The Morgan fingerprint density at radius 1 is 1.30 bits per heavy atom. The molecule has 5 heteroatoms. The van der Waals surface area contributed by atoms with Crippen LogP contribution < -0.4 is 16.4 Å². The van der Waals surface area contributed by atoms with Crippen LogP contribution in [0.25, 0.3) is 0 Å². The molecule has 1 aliphatic rings. The van der Waals surface area contributed by atoms with Gasteiger partial charge in [-0.05, 0) is 61.6 Å². The number of amides is 1. The molecule has 1 amide bonds. The molecule has 1 aromatic carbocycles.